The van der Waals surface area contributed by atoms with Gasteiger partial charge in [-0.2, -0.15) is 5.10 Å². The molecule has 0 fully saturated rings. The summed E-state index contributed by atoms with van der Waals surface area (Å²) < 4.78 is 0. The number of amides is 1. The molecule has 0 aliphatic rings. The molecule has 0 unspecified atom stereocenters. The van der Waals surface area contributed by atoms with Crippen molar-refractivity contribution in [3.05, 3.63) is 64.8 Å². The predicted octanol–water partition coefficient (Wildman–Crippen LogP) is 1.41. The molecule has 21 heavy (non-hydrogen) atoms. The lowest BCUT2D eigenvalue weighted by molar-refractivity contribution is 0.102. The third-order valence-corrected chi connectivity index (χ3v) is 2.85. The first-order valence-corrected chi connectivity index (χ1v) is 6.18. The van der Waals surface area contributed by atoms with Gasteiger partial charge in [0.05, 0.1) is 0 Å². The van der Waals surface area contributed by atoms with E-state index < -0.39 is 0 Å². The number of nitrogens with zero attached hydrogens (tertiary/aromatic N) is 2. The SMILES string of the molecule is O=C(Nc1cccc(-c2ncn[nH]2)c1)c1cc[nH]c(=O)c1. The van der Waals surface area contributed by atoms with Crippen molar-refractivity contribution in [1.29, 1.82) is 0 Å². The molecule has 0 aliphatic heterocycles. The molecule has 1 amide bonds. The van der Waals surface area contributed by atoms with E-state index in [4.69, 9.17) is 0 Å². The normalized spacial score (nSPS) is 10.3. The largest absolute Gasteiger partial charge is 0.329 e. The maximum absolute atomic E-state index is 12.1. The zero-order chi connectivity index (χ0) is 14.7. The lowest BCUT2D eigenvalue weighted by Crippen LogP contribution is -2.15. The van der Waals surface area contributed by atoms with E-state index in [2.05, 4.69) is 25.5 Å². The van der Waals surface area contributed by atoms with Crippen molar-refractivity contribution in [3.63, 3.8) is 0 Å². The Balaban J connectivity index is 1.84. The number of aromatic nitrogens is 4. The van der Waals surface area contributed by atoms with Crippen LogP contribution in [0.4, 0.5) is 5.69 Å². The minimum atomic E-state index is -0.351. The fraction of sp³-hybridized carbons (Fsp3) is 0. The molecule has 1 aromatic carbocycles. The number of aromatic amines is 2. The van der Waals surface area contributed by atoms with Crippen LogP contribution in [0.25, 0.3) is 11.4 Å². The Morgan fingerprint density at radius 2 is 2.10 bits per heavy atom. The van der Waals surface area contributed by atoms with Crippen molar-refractivity contribution < 1.29 is 4.79 Å². The van der Waals surface area contributed by atoms with Gasteiger partial charge in [-0.15, -0.1) is 0 Å². The van der Waals surface area contributed by atoms with Crippen LogP contribution in [-0.2, 0) is 0 Å². The van der Waals surface area contributed by atoms with E-state index in [1.807, 2.05) is 6.07 Å². The third kappa shape index (κ3) is 2.86. The van der Waals surface area contributed by atoms with Crippen LogP contribution in [0.2, 0.25) is 0 Å². The fourth-order valence-corrected chi connectivity index (χ4v) is 1.88. The number of nitrogens with one attached hydrogen (secondary N) is 3. The van der Waals surface area contributed by atoms with Crippen LogP contribution in [0, 0.1) is 0 Å². The molecule has 0 atom stereocenters. The first kappa shape index (κ1) is 12.8. The maximum atomic E-state index is 12.1. The maximum Gasteiger partial charge on any atom is 0.255 e. The van der Waals surface area contributed by atoms with Crippen LogP contribution in [-0.4, -0.2) is 26.1 Å². The van der Waals surface area contributed by atoms with Crippen molar-refractivity contribution >= 4 is 11.6 Å². The molecule has 3 N–H and O–H groups in total. The summed E-state index contributed by atoms with van der Waals surface area (Å²) in [5, 5.41) is 9.27. The number of hydrogen-bond acceptors (Lipinski definition) is 4. The molecule has 104 valence electrons. The van der Waals surface area contributed by atoms with E-state index in [1.54, 1.807) is 18.2 Å². The number of carbonyl (C=O) groups excluding carboxylic acids is 1. The van der Waals surface area contributed by atoms with Crippen molar-refractivity contribution in [2.45, 2.75) is 0 Å². The molecule has 0 aliphatic carbocycles. The zero-order valence-corrected chi connectivity index (χ0v) is 10.8. The van der Waals surface area contributed by atoms with Gasteiger partial charge in [0.1, 0.15) is 6.33 Å². The van der Waals surface area contributed by atoms with E-state index in [1.165, 1.54) is 24.7 Å². The standard InChI is InChI=1S/C14H11N5O2/c20-12-7-10(4-5-15-12)14(21)18-11-3-1-2-9(6-11)13-16-8-17-19-13/h1-8H,(H,15,20)(H,18,21)(H,16,17,19). The lowest BCUT2D eigenvalue weighted by atomic mass is 10.2. The summed E-state index contributed by atoms with van der Waals surface area (Å²) in [6.45, 7) is 0. The molecule has 0 spiro atoms. The van der Waals surface area contributed by atoms with E-state index in [-0.39, 0.29) is 11.5 Å². The van der Waals surface area contributed by atoms with Gasteiger partial charge in [0.15, 0.2) is 5.82 Å². The molecule has 7 nitrogen and oxygen atoms in total. The van der Waals surface area contributed by atoms with Gasteiger partial charge >= 0.3 is 0 Å². The number of anilines is 1. The first-order valence-electron chi connectivity index (χ1n) is 6.18. The number of carbonyl (C=O) groups is 1. The van der Waals surface area contributed by atoms with E-state index in [0.29, 0.717) is 17.1 Å². The van der Waals surface area contributed by atoms with Gasteiger partial charge in [-0.05, 0) is 18.2 Å². The van der Waals surface area contributed by atoms with Gasteiger partial charge in [-0.25, -0.2) is 4.98 Å². The summed E-state index contributed by atoms with van der Waals surface area (Å²) in [5.74, 6) is 0.262. The Morgan fingerprint density at radius 3 is 2.86 bits per heavy atom. The Bertz CT molecular complexity index is 823. The molecule has 0 saturated carbocycles. The lowest BCUT2D eigenvalue weighted by Gasteiger charge is -2.06. The van der Waals surface area contributed by atoms with Crippen LogP contribution in [0.15, 0.2) is 53.7 Å². The van der Waals surface area contributed by atoms with Gasteiger partial charge < -0.3 is 10.3 Å². The van der Waals surface area contributed by atoms with Crippen LogP contribution >= 0.6 is 0 Å². The molecule has 0 saturated heterocycles. The van der Waals surface area contributed by atoms with Gasteiger partial charge in [0.2, 0.25) is 5.56 Å². The third-order valence-electron chi connectivity index (χ3n) is 2.85. The zero-order valence-electron chi connectivity index (χ0n) is 10.8. The van der Waals surface area contributed by atoms with Gasteiger partial charge in [0.25, 0.3) is 5.91 Å². The second-order valence-electron chi connectivity index (χ2n) is 4.31. The van der Waals surface area contributed by atoms with E-state index in [9.17, 15) is 9.59 Å². The molecule has 0 radical (unpaired) electrons. The first-order chi connectivity index (χ1) is 10.2. The highest BCUT2D eigenvalue weighted by Gasteiger charge is 2.08. The highest BCUT2D eigenvalue weighted by atomic mass is 16.2. The number of hydrogen-bond donors (Lipinski definition) is 3. The van der Waals surface area contributed by atoms with Crippen LogP contribution in [0.5, 0.6) is 0 Å². The molecule has 3 aromatic rings. The van der Waals surface area contributed by atoms with Crippen molar-refractivity contribution in [1.82, 2.24) is 20.2 Å². The minimum absolute atomic E-state index is 0.295. The van der Waals surface area contributed by atoms with Crippen LogP contribution in [0.3, 0.4) is 0 Å². The predicted molar refractivity (Wildman–Crippen MR) is 76.8 cm³/mol. The summed E-state index contributed by atoms with van der Waals surface area (Å²) >= 11 is 0. The van der Waals surface area contributed by atoms with Crippen molar-refractivity contribution in [2.75, 3.05) is 5.32 Å². The van der Waals surface area contributed by atoms with Gasteiger partial charge in [0, 0.05) is 29.1 Å². The van der Waals surface area contributed by atoms with Gasteiger partial charge in [-0.1, -0.05) is 12.1 Å². The average molecular weight is 281 g/mol. The second-order valence-corrected chi connectivity index (χ2v) is 4.31. The quantitative estimate of drug-likeness (QED) is 0.675. The smallest absolute Gasteiger partial charge is 0.255 e. The summed E-state index contributed by atoms with van der Waals surface area (Å²) in [5.41, 5.74) is 1.38. The average Bonchev–Trinajstić information content (AvgIpc) is 3.02. The van der Waals surface area contributed by atoms with E-state index in [0.717, 1.165) is 5.56 Å². The molecule has 2 aromatic heterocycles. The highest BCUT2D eigenvalue weighted by Crippen LogP contribution is 2.19. The summed E-state index contributed by atoms with van der Waals surface area (Å²) in [4.78, 5) is 29.8. The molecular weight excluding hydrogens is 270 g/mol. The molecule has 7 heteroatoms. The number of pyridine rings is 1. The molecular formula is C14H11N5O2. The number of benzene rings is 1. The Morgan fingerprint density at radius 1 is 1.19 bits per heavy atom. The number of H-pyrrole nitrogens is 2. The van der Waals surface area contributed by atoms with Crippen molar-refractivity contribution in [2.24, 2.45) is 0 Å². The Labute approximate surface area is 119 Å². The second kappa shape index (κ2) is 5.41. The summed E-state index contributed by atoms with van der Waals surface area (Å²) in [6, 6.07) is 9.96. The summed E-state index contributed by atoms with van der Waals surface area (Å²) in [6.07, 6.45) is 2.85. The highest BCUT2D eigenvalue weighted by molar-refractivity contribution is 6.04. The Hall–Kier alpha value is -3.22. The van der Waals surface area contributed by atoms with Gasteiger partial charge in [-0.3, -0.25) is 14.7 Å². The van der Waals surface area contributed by atoms with E-state index >= 15 is 0 Å². The Kier molecular flexibility index (Phi) is 3.30. The topological polar surface area (TPSA) is 104 Å². The van der Waals surface area contributed by atoms with Crippen molar-refractivity contribution in [3.8, 4) is 11.4 Å². The molecule has 3 rings (SSSR count). The van der Waals surface area contributed by atoms with Crippen LogP contribution < -0.4 is 10.9 Å². The molecule has 0 bridgehead atoms. The molecule has 2 heterocycles. The minimum Gasteiger partial charge on any atom is -0.329 e. The van der Waals surface area contributed by atoms with Crippen LogP contribution in [0.1, 0.15) is 10.4 Å². The number of rotatable bonds is 3. The monoisotopic (exact) mass is 281 g/mol. The summed E-state index contributed by atoms with van der Waals surface area (Å²) in [7, 11) is 0. The fourth-order valence-electron chi connectivity index (χ4n) is 1.88.